The number of sulfone groups is 1. The topological polar surface area (TPSA) is 98.5 Å². The smallest absolute Gasteiger partial charge is 0.288 e. The fourth-order valence-electron chi connectivity index (χ4n) is 2.43. The van der Waals surface area contributed by atoms with Gasteiger partial charge in [-0.15, -0.1) is 0 Å². The predicted molar refractivity (Wildman–Crippen MR) is 95.9 cm³/mol. The Morgan fingerprint density at radius 2 is 1.96 bits per heavy atom. The Labute approximate surface area is 146 Å². The van der Waals surface area contributed by atoms with Gasteiger partial charge in [0, 0.05) is 24.1 Å². The molecule has 0 bridgehead atoms. The van der Waals surface area contributed by atoms with Crippen LogP contribution in [0.1, 0.15) is 25.5 Å². The van der Waals surface area contributed by atoms with Crippen molar-refractivity contribution < 1.29 is 18.1 Å². The minimum Gasteiger partial charge on any atom is -0.494 e. The van der Waals surface area contributed by atoms with Crippen LogP contribution < -0.4 is 10.1 Å². The van der Waals surface area contributed by atoms with Crippen molar-refractivity contribution >= 4 is 21.2 Å². The van der Waals surface area contributed by atoms with Crippen LogP contribution in [-0.4, -0.2) is 26.2 Å². The number of ether oxygens (including phenoxy) is 1. The molecule has 0 aromatic heterocycles. The molecule has 7 nitrogen and oxygen atoms in total. The highest BCUT2D eigenvalue weighted by Gasteiger charge is 2.22. The van der Waals surface area contributed by atoms with Gasteiger partial charge in [-0.2, -0.15) is 0 Å². The molecule has 0 aliphatic heterocycles. The van der Waals surface area contributed by atoms with Crippen LogP contribution in [0.25, 0.3) is 0 Å². The summed E-state index contributed by atoms with van der Waals surface area (Å²) in [5.74, 6) is 0.745. The van der Waals surface area contributed by atoms with Crippen LogP contribution in [0.2, 0.25) is 0 Å². The number of benzene rings is 2. The first-order chi connectivity index (χ1) is 11.7. The van der Waals surface area contributed by atoms with Gasteiger partial charge in [0.2, 0.25) is 0 Å². The summed E-state index contributed by atoms with van der Waals surface area (Å²) in [6, 6.07) is 11.4. The summed E-state index contributed by atoms with van der Waals surface area (Å²) in [5.41, 5.74) is 1.00. The van der Waals surface area contributed by atoms with Crippen molar-refractivity contribution in [3.8, 4) is 5.75 Å². The van der Waals surface area contributed by atoms with E-state index in [-0.39, 0.29) is 10.9 Å². The third-order valence-corrected chi connectivity index (χ3v) is 4.73. The average molecular weight is 364 g/mol. The lowest BCUT2D eigenvalue weighted by Gasteiger charge is -2.17. The molecule has 2 aromatic carbocycles. The van der Waals surface area contributed by atoms with E-state index in [0.29, 0.717) is 12.3 Å². The fraction of sp³-hybridized carbons (Fsp3) is 0.294. The first kappa shape index (κ1) is 18.7. The number of rotatable bonds is 7. The number of nitrogens with one attached hydrogen (secondary N) is 1. The molecule has 1 atom stereocenters. The zero-order valence-corrected chi connectivity index (χ0v) is 15.0. The molecule has 0 heterocycles. The predicted octanol–water partition coefficient (Wildman–Crippen LogP) is 3.57. The molecule has 0 aliphatic rings. The molecule has 1 unspecified atom stereocenters. The number of nitro groups is 1. The second-order valence-electron chi connectivity index (χ2n) is 5.58. The molecular formula is C17H20N2O5S. The van der Waals surface area contributed by atoms with E-state index in [9.17, 15) is 18.5 Å². The van der Waals surface area contributed by atoms with Crippen LogP contribution in [0.15, 0.2) is 47.4 Å². The van der Waals surface area contributed by atoms with Crippen molar-refractivity contribution in [2.75, 3.05) is 18.2 Å². The molecule has 25 heavy (non-hydrogen) atoms. The highest BCUT2D eigenvalue weighted by molar-refractivity contribution is 7.90. The summed E-state index contributed by atoms with van der Waals surface area (Å²) in [6.45, 7) is 4.37. The van der Waals surface area contributed by atoms with Crippen LogP contribution in [0.4, 0.5) is 11.4 Å². The van der Waals surface area contributed by atoms with Crippen molar-refractivity contribution in [3.63, 3.8) is 0 Å². The van der Waals surface area contributed by atoms with Crippen molar-refractivity contribution in [1.29, 1.82) is 0 Å². The summed E-state index contributed by atoms with van der Waals surface area (Å²) in [7, 11) is -3.72. The standard InChI is InChI=1S/C17H20N2O5S/c1-4-24-15-7-5-6-13(10-15)12(2)18-14-8-9-16(19(20)21)17(11-14)25(3,22)23/h5-12,18H,4H2,1-3H3. The van der Waals surface area contributed by atoms with E-state index in [1.165, 1.54) is 18.2 Å². The lowest BCUT2D eigenvalue weighted by molar-refractivity contribution is -0.387. The summed E-state index contributed by atoms with van der Waals surface area (Å²) >= 11 is 0. The Hall–Kier alpha value is -2.61. The minimum absolute atomic E-state index is 0.144. The minimum atomic E-state index is -3.72. The fourth-order valence-corrected chi connectivity index (χ4v) is 3.29. The molecule has 2 aromatic rings. The van der Waals surface area contributed by atoms with Gasteiger partial charge in [0.05, 0.1) is 11.5 Å². The van der Waals surface area contributed by atoms with Gasteiger partial charge in [-0.1, -0.05) is 12.1 Å². The molecule has 0 amide bonds. The van der Waals surface area contributed by atoms with Crippen LogP contribution in [-0.2, 0) is 9.84 Å². The van der Waals surface area contributed by atoms with E-state index < -0.39 is 20.4 Å². The highest BCUT2D eigenvalue weighted by Crippen LogP contribution is 2.29. The van der Waals surface area contributed by atoms with Gasteiger partial charge in [-0.3, -0.25) is 10.1 Å². The number of nitrogens with zero attached hydrogens (tertiary/aromatic N) is 1. The Balaban J connectivity index is 2.31. The van der Waals surface area contributed by atoms with E-state index in [2.05, 4.69) is 5.32 Å². The Morgan fingerprint density at radius 1 is 1.24 bits per heavy atom. The van der Waals surface area contributed by atoms with Gasteiger partial charge in [0.1, 0.15) is 10.6 Å². The maximum absolute atomic E-state index is 11.8. The first-order valence-corrected chi connectivity index (χ1v) is 9.59. The quantitative estimate of drug-likeness (QED) is 0.596. The zero-order chi connectivity index (χ0) is 18.6. The SMILES string of the molecule is CCOc1cccc(C(C)Nc2ccc([N+](=O)[O-])c(S(C)(=O)=O)c2)c1. The molecule has 0 aliphatic carbocycles. The van der Waals surface area contributed by atoms with Gasteiger partial charge >= 0.3 is 0 Å². The molecular weight excluding hydrogens is 344 g/mol. The number of anilines is 1. The highest BCUT2D eigenvalue weighted by atomic mass is 32.2. The summed E-state index contributed by atoms with van der Waals surface area (Å²) in [4.78, 5) is 10.0. The number of hydrogen-bond acceptors (Lipinski definition) is 6. The largest absolute Gasteiger partial charge is 0.494 e. The summed E-state index contributed by atoms with van der Waals surface area (Å²) in [5, 5.41) is 14.2. The molecule has 8 heteroatoms. The van der Waals surface area contributed by atoms with Crippen molar-refractivity contribution in [2.24, 2.45) is 0 Å². The third-order valence-electron chi connectivity index (χ3n) is 3.61. The maximum Gasteiger partial charge on any atom is 0.288 e. The van der Waals surface area contributed by atoms with Crippen molar-refractivity contribution in [1.82, 2.24) is 0 Å². The lowest BCUT2D eigenvalue weighted by Crippen LogP contribution is -2.09. The van der Waals surface area contributed by atoms with Gasteiger partial charge in [0.15, 0.2) is 9.84 Å². The molecule has 134 valence electrons. The number of nitro benzene ring substituents is 1. The van der Waals surface area contributed by atoms with E-state index in [4.69, 9.17) is 4.74 Å². The normalized spacial score (nSPS) is 12.4. The van der Waals surface area contributed by atoms with Crippen LogP contribution in [0, 0.1) is 10.1 Å². The lowest BCUT2D eigenvalue weighted by atomic mass is 10.1. The molecule has 1 N–H and O–H groups in total. The van der Waals surface area contributed by atoms with Crippen molar-refractivity contribution in [3.05, 3.63) is 58.1 Å². The molecule has 0 spiro atoms. The van der Waals surface area contributed by atoms with Gasteiger partial charge < -0.3 is 10.1 Å². The second kappa shape index (κ2) is 7.52. The van der Waals surface area contributed by atoms with Crippen LogP contribution in [0.5, 0.6) is 5.75 Å². The van der Waals surface area contributed by atoms with Gasteiger partial charge in [-0.05, 0) is 43.7 Å². The van der Waals surface area contributed by atoms with Crippen LogP contribution >= 0.6 is 0 Å². The molecule has 0 saturated carbocycles. The number of hydrogen-bond donors (Lipinski definition) is 1. The zero-order valence-electron chi connectivity index (χ0n) is 14.2. The van der Waals surface area contributed by atoms with E-state index >= 15 is 0 Å². The summed E-state index contributed by atoms with van der Waals surface area (Å²) < 4.78 is 29.1. The van der Waals surface area contributed by atoms with Gasteiger partial charge in [-0.25, -0.2) is 8.42 Å². The van der Waals surface area contributed by atoms with E-state index in [1.807, 2.05) is 38.1 Å². The average Bonchev–Trinajstić information content (AvgIpc) is 2.54. The molecule has 0 saturated heterocycles. The van der Waals surface area contributed by atoms with Gasteiger partial charge in [0.25, 0.3) is 5.69 Å². The van der Waals surface area contributed by atoms with E-state index in [1.54, 1.807) is 0 Å². The third kappa shape index (κ3) is 4.69. The second-order valence-corrected chi connectivity index (χ2v) is 7.57. The Bertz CT molecular complexity index is 880. The maximum atomic E-state index is 11.8. The first-order valence-electron chi connectivity index (χ1n) is 7.70. The van der Waals surface area contributed by atoms with E-state index in [0.717, 1.165) is 17.6 Å². The Morgan fingerprint density at radius 3 is 2.56 bits per heavy atom. The summed E-state index contributed by atoms with van der Waals surface area (Å²) in [6.07, 6.45) is 0.952. The monoisotopic (exact) mass is 364 g/mol. The van der Waals surface area contributed by atoms with Crippen LogP contribution in [0.3, 0.4) is 0 Å². The molecule has 0 radical (unpaired) electrons. The molecule has 2 rings (SSSR count). The Kier molecular flexibility index (Phi) is 5.63. The molecule has 0 fully saturated rings. The van der Waals surface area contributed by atoms with Crippen molar-refractivity contribution in [2.45, 2.75) is 24.8 Å².